The molecule has 0 amide bonds. The van der Waals surface area contributed by atoms with Crippen LogP contribution in [-0.4, -0.2) is 43.3 Å². The summed E-state index contributed by atoms with van der Waals surface area (Å²) in [5.74, 6) is 0.925. The topological polar surface area (TPSA) is 38.5 Å². The first-order valence-electron chi connectivity index (χ1n) is 6.33. The van der Waals surface area contributed by atoms with Crippen LogP contribution in [0.15, 0.2) is 0 Å². The van der Waals surface area contributed by atoms with Crippen LogP contribution >= 0.6 is 0 Å². The predicted octanol–water partition coefficient (Wildman–Crippen LogP) is 1.23. The van der Waals surface area contributed by atoms with Crippen molar-refractivity contribution in [2.24, 2.45) is 11.7 Å². The van der Waals surface area contributed by atoms with Gasteiger partial charge >= 0.3 is 0 Å². The van der Waals surface area contributed by atoms with Crippen LogP contribution in [-0.2, 0) is 4.74 Å². The van der Waals surface area contributed by atoms with Gasteiger partial charge in [-0.25, -0.2) is 0 Å². The van der Waals surface area contributed by atoms with Crippen LogP contribution in [0.1, 0.15) is 32.6 Å². The second-order valence-corrected chi connectivity index (χ2v) is 5.07. The van der Waals surface area contributed by atoms with Crippen molar-refractivity contribution in [3.05, 3.63) is 0 Å². The van der Waals surface area contributed by atoms with Gasteiger partial charge in [0, 0.05) is 19.7 Å². The van der Waals surface area contributed by atoms with Crippen molar-refractivity contribution in [1.82, 2.24) is 4.90 Å². The van der Waals surface area contributed by atoms with E-state index in [0.717, 1.165) is 38.6 Å². The maximum absolute atomic E-state index is 5.96. The summed E-state index contributed by atoms with van der Waals surface area (Å²) in [4.78, 5) is 2.57. The van der Waals surface area contributed by atoms with Crippen molar-refractivity contribution < 1.29 is 4.74 Å². The summed E-state index contributed by atoms with van der Waals surface area (Å²) in [6, 6.07) is 0. The molecule has 1 atom stereocenters. The van der Waals surface area contributed by atoms with Crippen molar-refractivity contribution >= 4 is 0 Å². The normalized spacial score (nSPS) is 32.2. The molecule has 1 unspecified atom stereocenters. The van der Waals surface area contributed by atoms with Gasteiger partial charge in [0.1, 0.15) is 0 Å². The van der Waals surface area contributed by atoms with Crippen molar-refractivity contribution in [2.45, 2.75) is 38.1 Å². The van der Waals surface area contributed by atoms with E-state index in [2.05, 4.69) is 11.8 Å². The van der Waals surface area contributed by atoms with Gasteiger partial charge in [-0.2, -0.15) is 0 Å². The van der Waals surface area contributed by atoms with Gasteiger partial charge in [-0.1, -0.05) is 13.3 Å². The SMILES string of the molecule is CCN(CC1CCC1)C1(CN)CCOC1. The summed E-state index contributed by atoms with van der Waals surface area (Å²) in [6.07, 6.45) is 5.37. The zero-order valence-corrected chi connectivity index (χ0v) is 9.87. The number of nitrogens with two attached hydrogens (primary N) is 1. The molecule has 0 bridgehead atoms. The number of likely N-dealkylation sites (N-methyl/N-ethyl adjacent to an activating group) is 1. The minimum atomic E-state index is 0.157. The van der Waals surface area contributed by atoms with E-state index in [4.69, 9.17) is 10.5 Å². The Labute approximate surface area is 93.0 Å². The third-order valence-corrected chi connectivity index (χ3v) is 4.22. The fraction of sp³-hybridized carbons (Fsp3) is 1.00. The zero-order chi connectivity index (χ0) is 10.7. The second kappa shape index (κ2) is 4.81. The van der Waals surface area contributed by atoms with E-state index in [1.54, 1.807) is 0 Å². The Morgan fingerprint density at radius 1 is 1.47 bits per heavy atom. The van der Waals surface area contributed by atoms with Gasteiger partial charge in [0.25, 0.3) is 0 Å². The lowest BCUT2D eigenvalue weighted by Gasteiger charge is -2.42. The first-order chi connectivity index (χ1) is 7.30. The minimum Gasteiger partial charge on any atom is -0.379 e. The summed E-state index contributed by atoms with van der Waals surface area (Å²) in [5.41, 5.74) is 6.12. The molecule has 15 heavy (non-hydrogen) atoms. The molecule has 88 valence electrons. The summed E-state index contributed by atoms with van der Waals surface area (Å²) in [5, 5.41) is 0. The molecule has 3 nitrogen and oxygen atoms in total. The maximum atomic E-state index is 5.96. The first-order valence-corrected chi connectivity index (χ1v) is 6.33. The van der Waals surface area contributed by atoms with Gasteiger partial charge in [0.2, 0.25) is 0 Å². The zero-order valence-electron chi connectivity index (χ0n) is 9.87. The van der Waals surface area contributed by atoms with Crippen molar-refractivity contribution in [2.75, 3.05) is 32.8 Å². The van der Waals surface area contributed by atoms with E-state index in [9.17, 15) is 0 Å². The summed E-state index contributed by atoms with van der Waals surface area (Å²) >= 11 is 0. The quantitative estimate of drug-likeness (QED) is 0.745. The van der Waals surface area contributed by atoms with Gasteiger partial charge in [0.15, 0.2) is 0 Å². The Morgan fingerprint density at radius 3 is 2.67 bits per heavy atom. The molecule has 2 N–H and O–H groups in total. The molecule has 1 aliphatic carbocycles. The van der Waals surface area contributed by atoms with Crippen molar-refractivity contribution in [3.8, 4) is 0 Å². The highest BCUT2D eigenvalue weighted by Gasteiger charge is 2.39. The van der Waals surface area contributed by atoms with Crippen LogP contribution in [0, 0.1) is 5.92 Å². The number of nitrogens with zero attached hydrogens (tertiary/aromatic N) is 1. The monoisotopic (exact) mass is 212 g/mol. The van der Waals surface area contributed by atoms with E-state index in [1.165, 1.54) is 25.8 Å². The Morgan fingerprint density at radius 2 is 2.27 bits per heavy atom. The average Bonchev–Trinajstić information content (AvgIpc) is 2.66. The minimum absolute atomic E-state index is 0.157. The summed E-state index contributed by atoms with van der Waals surface area (Å²) in [6.45, 7) is 7.05. The highest BCUT2D eigenvalue weighted by molar-refractivity contribution is 4.95. The molecular formula is C12H24N2O. The molecule has 1 aliphatic heterocycles. The fourth-order valence-electron chi connectivity index (χ4n) is 2.78. The molecule has 1 saturated heterocycles. The van der Waals surface area contributed by atoms with Crippen molar-refractivity contribution in [3.63, 3.8) is 0 Å². The van der Waals surface area contributed by atoms with E-state index < -0.39 is 0 Å². The average molecular weight is 212 g/mol. The fourth-order valence-corrected chi connectivity index (χ4v) is 2.78. The molecule has 1 saturated carbocycles. The molecule has 2 aliphatic rings. The maximum Gasteiger partial charge on any atom is 0.0663 e. The van der Waals surface area contributed by atoms with Gasteiger partial charge in [-0.05, 0) is 31.7 Å². The van der Waals surface area contributed by atoms with Gasteiger partial charge in [0.05, 0.1) is 12.1 Å². The lowest BCUT2D eigenvalue weighted by atomic mass is 9.83. The lowest BCUT2D eigenvalue weighted by Crippen LogP contribution is -2.56. The molecule has 0 aromatic carbocycles. The third kappa shape index (κ3) is 2.19. The van der Waals surface area contributed by atoms with E-state index in [-0.39, 0.29) is 5.54 Å². The van der Waals surface area contributed by atoms with Crippen LogP contribution in [0.3, 0.4) is 0 Å². The molecule has 2 rings (SSSR count). The second-order valence-electron chi connectivity index (χ2n) is 5.07. The van der Waals surface area contributed by atoms with Crippen LogP contribution in [0.25, 0.3) is 0 Å². The third-order valence-electron chi connectivity index (χ3n) is 4.22. The Hall–Kier alpha value is -0.120. The number of ether oxygens (including phenoxy) is 1. The van der Waals surface area contributed by atoms with Gasteiger partial charge < -0.3 is 10.5 Å². The van der Waals surface area contributed by atoms with Crippen LogP contribution in [0.4, 0.5) is 0 Å². The summed E-state index contributed by atoms with van der Waals surface area (Å²) < 4.78 is 5.55. The van der Waals surface area contributed by atoms with Crippen molar-refractivity contribution in [1.29, 1.82) is 0 Å². The number of rotatable bonds is 5. The molecule has 0 aromatic heterocycles. The molecule has 3 heteroatoms. The van der Waals surface area contributed by atoms with Crippen LogP contribution < -0.4 is 5.73 Å². The lowest BCUT2D eigenvalue weighted by molar-refractivity contribution is 0.0497. The Bertz CT molecular complexity index is 198. The molecule has 0 radical (unpaired) electrons. The first kappa shape index (κ1) is 11.4. The van der Waals surface area contributed by atoms with Crippen LogP contribution in [0.5, 0.6) is 0 Å². The molecular weight excluding hydrogens is 188 g/mol. The molecule has 1 heterocycles. The molecule has 2 fully saturated rings. The highest BCUT2D eigenvalue weighted by Crippen LogP contribution is 2.32. The number of hydrogen-bond acceptors (Lipinski definition) is 3. The standard InChI is InChI=1S/C12H24N2O/c1-2-14(8-11-4-3-5-11)12(9-13)6-7-15-10-12/h11H,2-10,13H2,1H3. The Kier molecular flexibility index (Phi) is 3.65. The predicted molar refractivity (Wildman–Crippen MR) is 61.8 cm³/mol. The molecule has 0 aromatic rings. The van der Waals surface area contributed by atoms with Gasteiger partial charge in [-0.3, -0.25) is 4.90 Å². The largest absolute Gasteiger partial charge is 0.379 e. The Balaban J connectivity index is 1.95. The van der Waals surface area contributed by atoms with E-state index >= 15 is 0 Å². The summed E-state index contributed by atoms with van der Waals surface area (Å²) in [7, 11) is 0. The molecule has 0 spiro atoms. The number of hydrogen-bond donors (Lipinski definition) is 1. The van der Waals surface area contributed by atoms with E-state index in [1.807, 2.05) is 0 Å². The van der Waals surface area contributed by atoms with Crippen LogP contribution in [0.2, 0.25) is 0 Å². The van der Waals surface area contributed by atoms with Gasteiger partial charge in [-0.15, -0.1) is 0 Å². The highest BCUT2D eigenvalue weighted by atomic mass is 16.5. The van der Waals surface area contributed by atoms with E-state index in [0.29, 0.717) is 0 Å². The smallest absolute Gasteiger partial charge is 0.0663 e.